The molecule has 1 saturated heterocycles. The van der Waals surface area contributed by atoms with Crippen molar-refractivity contribution < 1.29 is 0 Å². The third-order valence-electron chi connectivity index (χ3n) is 3.96. The maximum Gasteiger partial charge on any atom is 0.0455 e. The summed E-state index contributed by atoms with van der Waals surface area (Å²) in [6.45, 7) is 6.68. The summed E-state index contributed by atoms with van der Waals surface area (Å²) in [6, 6.07) is 6.91. The van der Waals surface area contributed by atoms with Crippen LogP contribution >= 0.6 is 23.2 Å². The van der Waals surface area contributed by atoms with Crippen molar-refractivity contribution in [2.75, 3.05) is 0 Å². The SMILES string of the molecule is CC(NN1C(C)CCCC1C)c1cc(Cl)ccc1Cl. The van der Waals surface area contributed by atoms with Gasteiger partial charge in [0.05, 0.1) is 0 Å². The highest BCUT2D eigenvalue weighted by Gasteiger charge is 2.26. The zero-order chi connectivity index (χ0) is 14.0. The monoisotopic (exact) mass is 300 g/mol. The fourth-order valence-corrected chi connectivity index (χ4v) is 3.28. The maximum atomic E-state index is 6.26. The Bertz CT molecular complexity index is 426. The first kappa shape index (κ1) is 15.1. The number of benzene rings is 1. The van der Waals surface area contributed by atoms with E-state index in [0.717, 1.165) is 15.6 Å². The third kappa shape index (κ3) is 3.63. The van der Waals surface area contributed by atoms with Crippen molar-refractivity contribution in [2.45, 2.75) is 58.2 Å². The average molecular weight is 301 g/mol. The molecule has 1 aromatic carbocycles. The van der Waals surface area contributed by atoms with Gasteiger partial charge >= 0.3 is 0 Å². The molecule has 1 aliphatic rings. The van der Waals surface area contributed by atoms with Crippen LogP contribution in [-0.4, -0.2) is 17.1 Å². The van der Waals surface area contributed by atoms with Crippen LogP contribution in [0.4, 0.5) is 0 Å². The molecule has 1 fully saturated rings. The van der Waals surface area contributed by atoms with E-state index in [4.69, 9.17) is 23.2 Å². The fraction of sp³-hybridized carbons (Fsp3) is 0.600. The topological polar surface area (TPSA) is 15.3 Å². The number of nitrogens with one attached hydrogen (secondary N) is 1. The lowest BCUT2D eigenvalue weighted by Crippen LogP contribution is -2.52. The minimum absolute atomic E-state index is 0.161. The Kier molecular flexibility index (Phi) is 5.13. The zero-order valence-corrected chi connectivity index (χ0v) is 13.3. The first-order chi connectivity index (χ1) is 8.99. The molecule has 0 aliphatic carbocycles. The zero-order valence-electron chi connectivity index (χ0n) is 11.8. The van der Waals surface area contributed by atoms with Crippen molar-refractivity contribution in [1.82, 2.24) is 10.4 Å². The van der Waals surface area contributed by atoms with Crippen molar-refractivity contribution >= 4 is 23.2 Å². The second-order valence-corrected chi connectivity index (χ2v) is 6.40. The molecule has 1 N–H and O–H groups in total. The van der Waals surface area contributed by atoms with E-state index in [0.29, 0.717) is 12.1 Å². The predicted molar refractivity (Wildman–Crippen MR) is 82.6 cm³/mol. The standard InChI is InChI=1S/C15H22Cl2N2/c1-10-5-4-6-11(2)19(10)18-12(3)14-9-13(16)7-8-15(14)17/h7-12,18H,4-6H2,1-3H3. The summed E-state index contributed by atoms with van der Waals surface area (Å²) in [5, 5.41) is 3.86. The summed E-state index contributed by atoms with van der Waals surface area (Å²) < 4.78 is 0. The smallest absolute Gasteiger partial charge is 0.0455 e. The molecule has 1 heterocycles. The summed E-state index contributed by atoms with van der Waals surface area (Å²) in [7, 11) is 0. The molecule has 3 unspecified atom stereocenters. The Labute approximate surface area is 126 Å². The van der Waals surface area contributed by atoms with Crippen LogP contribution in [0.25, 0.3) is 0 Å². The van der Waals surface area contributed by atoms with Gasteiger partial charge < -0.3 is 0 Å². The molecule has 0 radical (unpaired) electrons. The van der Waals surface area contributed by atoms with E-state index in [1.807, 2.05) is 18.2 Å². The summed E-state index contributed by atoms with van der Waals surface area (Å²) in [4.78, 5) is 0. The minimum Gasteiger partial charge on any atom is -0.247 e. The lowest BCUT2D eigenvalue weighted by atomic mass is 9.99. The highest BCUT2D eigenvalue weighted by Crippen LogP contribution is 2.28. The van der Waals surface area contributed by atoms with Crippen LogP contribution < -0.4 is 5.43 Å². The van der Waals surface area contributed by atoms with E-state index in [1.54, 1.807) is 0 Å². The van der Waals surface area contributed by atoms with Crippen LogP contribution in [0.5, 0.6) is 0 Å². The Balaban J connectivity index is 2.11. The van der Waals surface area contributed by atoms with E-state index >= 15 is 0 Å². The summed E-state index contributed by atoms with van der Waals surface area (Å²) in [5.74, 6) is 0. The van der Waals surface area contributed by atoms with Crippen LogP contribution in [0.3, 0.4) is 0 Å². The van der Waals surface area contributed by atoms with Gasteiger partial charge in [-0.15, -0.1) is 0 Å². The van der Waals surface area contributed by atoms with Crippen LogP contribution in [0.2, 0.25) is 10.0 Å². The molecular weight excluding hydrogens is 279 g/mol. The molecule has 4 heteroatoms. The van der Waals surface area contributed by atoms with Gasteiger partial charge in [0.15, 0.2) is 0 Å². The first-order valence-corrected chi connectivity index (χ1v) is 7.74. The lowest BCUT2D eigenvalue weighted by molar-refractivity contribution is 0.0320. The molecule has 3 atom stereocenters. The van der Waals surface area contributed by atoms with Crippen molar-refractivity contribution in [3.63, 3.8) is 0 Å². The van der Waals surface area contributed by atoms with Gasteiger partial charge in [0.25, 0.3) is 0 Å². The van der Waals surface area contributed by atoms with Crippen molar-refractivity contribution in [1.29, 1.82) is 0 Å². The van der Waals surface area contributed by atoms with Gasteiger partial charge in [-0.2, -0.15) is 0 Å². The number of hydrogen-bond acceptors (Lipinski definition) is 2. The highest BCUT2D eigenvalue weighted by atomic mass is 35.5. The Morgan fingerprint density at radius 1 is 1.21 bits per heavy atom. The number of hydrazine groups is 1. The molecular formula is C15H22Cl2N2. The predicted octanol–water partition coefficient (Wildman–Crippen LogP) is 4.82. The van der Waals surface area contributed by atoms with E-state index in [9.17, 15) is 0 Å². The van der Waals surface area contributed by atoms with Crippen LogP contribution in [0.15, 0.2) is 18.2 Å². The Morgan fingerprint density at radius 2 is 1.84 bits per heavy atom. The van der Waals surface area contributed by atoms with Crippen LogP contribution in [0.1, 0.15) is 51.6 Å². The van der Waals surface area contributed by atoms with Gasteiger partial charge in [-0.1, -0.05) is 29.6 Å². The lowest BCUT2D eigenvalue weighted by Gasteiger charge is -2.41. The molecule has 1 aromatic rings. The van der Waals surface area contributed by atoms with Crippen molar-refractivity contribution in [2.24, 2.45) is 0 Å². The quantitative estimate of drug-likeness (QED) is 0.861. The van der Waals surface area contributed by atoms with E-state index in [2.05, 4.69) is 31.2 Å². The molecule has 0 saturated carbocycles. The Hall–Kier alpha value is -0.280. The van der Waals surface area contributed by atoms with Crippen molar-refractivity contribution in [3.05, 3.63) is 33.8 Å². The van der Waals surface area contributed by atoms with Gasteiger partial charge in [-0.3, -0.25) is 0 Å². The van der Waals surface area contributed by atoms with E-state index in [-0.39, 0.29) is 6.04 Å². The highest BCUT2D eigenvalue weighted by molar-refractivity contribution is 6.33. The summed E-state index contributed by atoms with van der Waals surface area (Å²) in [6.07, 6.45) is 3.80. The van der Waals surface area contributed by atoms with E-state index in [1.165, 1.54) is 19.3 Å². The summed E-state index contributed by atoms with van der Waals surface area (Å²) in [5.41, 5.74) is 4.65. The van der Waals surface area contributed by atoms with E-state index < -0.39 is 0 Å². The number of halogens is 2. The van der Waals surface area contributed by atoms with Gasteiger partial charge in [0.1, 0.15) is 0 Å². The largest absolute Gasteiger partial charge is 0.247 e. The second-order valence-electron chi connectivity index (χ2n) is 5.55. The third-order valence-corrected chi connectivity index (χ3v) is 4.54. The normalized spacial score (nSPS) is 26.4. The van der Waals surface area contributed by atoms with Gasteiger partial charge in [0.2, 0.25) is 0 Å². The molecule has 2 rings (SSSR count). The number of hydrogen-bond donors (Lipinski definition) is 1. The van der Waals surface area contributed by atoms with Crippen LogP contribution in [-0.2, 0) is 0 Å². The fourth-order valence-electron chi connectivity index (χ4n) is 2.82. The molecule has 1 aliphatic heterocycles. The maximum absolute atomic E-state index is 6.26. The molecule has 0 amide bonds. The second kappa shape index (κ2) is 6.45. The Morgan fingerprint density at radius 3 is 2.47 bits per heavy atom. The van der Waals surface area contributed by atoms with Gasteiger partial charge in [0, 0.05) is 28.2 Å². The number of piperidine rings is 1. The summed E-state index contributed by atoms with van der Waals surface area (Å²) >= 11 is 12.3. The molecule has 106 valence electrons. The minimum atomic E-state index is 0.161. The molecule has 19 heavy (non-hydrogen) atoms. The van der Waals surface area contributed by atoms with Crippen LogP contribution in [0, 0.1) is 0 Å². The average Bonchev–Trinajstić information content (AvgIpc) is 2.37. The van der Waals surface area contributed by atoms with Gasteiger partial charge in [-0.05, 0) is 57.4 Å². The number of nitrogens with zero attached hydrogens (tertiary/aromatic N) is 1. The number of rotatable bonds is 3. The first-order valence-electron chi connectivity index (χ1n) is 6.98. The van der Waals surface area contributed by atoms with Crippen molar-refractivity contribution in [3.8, 4) is 0 Å². The van der Waals surface area contributed by atoms with Gasteiger partial charge in [-0.25, -0.2) is 10.4 Å². The molecule has 2 nitrogen and oxygen atoms in total. The molecule has 0 aromatic heterocycles. The molecule has 0 spiro atoms. The molecule has 0 bridgehead atoms.